The Morgan fingerprint density at radius 1 is 1.28 bits per heavy atom. The minimum Gasteiger partial charge on any atom is -0.481 e. The number of hydrogen-bond acceptors (Lipinski definition) is 2. The topological polar surface area (TPSA) is 57.6 Å². The highest BCUT2D eigenvalue weighted by molar-refractivity contribution is 5.94. The summed E-state index contributed by atoms with van der Waals surface area (Å²) in [6, 6.07) is 9.00. The second-order valence-electron chi connectivity index (χ2n) is 5.06. The van der Waals surface area contributed by atoms with Gasteiger partial charge in [-0.15, -0.1) is 0 Å². The van der Waals surface area contributed by atoms with Gasteiger partial charge in [0.1, 0.15) is 0 Å². The van der Waals surface area contributed by atoms with Crippen molar-refractivity contribution in [1.82, 2.24) is 4.90 Å². The van der Waals surface area contributed by atoms with E-state index in [0.717, 1.165) is 6.42 Å². The van der Waals surface area contributed by atoms with E-state index in [9.17, 15) is 14.7 Å². The molecule has 0 saturated carbocycles. The van der Waals surface area contributed by atoms with E-state index in [1.165, 1.54) is 0 Å². The maximum Gasteiger partial charge on any atom is 0.311 e. The molecule has 2 rings (SSSR count). The highest BCUT2D eigenvalue weighted by Gasteiger charge is 2.39. The van der Waals surface area contributed by atoms with Gasteiger partial charge < -0.3 is 10.0 Å². The van der Waals surface area contributed by atoms with Crippen molar-refractivity contribution in [1.29, 1.82) is 0 Å². The molecule has 4 heteroatoms. The SMILES string of the molecule is C[C@]1(C(=O)O)CCCN(C(=O)c2ccccc2)C1. The first-order valence-corrected chi connectivity index (χ1v) is 6.11. The zero-order chi connectivity index (χ0) is 13.2. The zero-order valence-electron chi connectivity index (χ0n) is 10.4. The summed E-state index contributed by atoms with van der Waals surface area (Å²) in [6.45, 7) is 2.63. The van der Waals surface area contributed by atoms with Crippen molar-refractivity contribution in [3.8, 4) is 0 Å². The third-order valence-electron chi connectivity index (χ3n) is 3.52. The molecule has 1 saturated heterocycles. The van der Waals surface area contributed by atoms with E-state index in [4.69, 9.17) is 0 Å². The molecular formula is C14H17NO3. The van der Waals surface area contributed by atoms with Gasteiger partial charge in [-0.25, -0.2) is 0 Å². The van der Waals surface area contributed by atoms with Crippen molar-refractivity contribution in [2.45, 2.75) is 19.8 Å². The molecule has 1 atom stereocenters. The van der Waals surface area contributed by atoms with E-state index in [2.05, 4.69) is 0 Å². The van der Waals surface area contributed by atoms with Gasteiger partial charge in [-0.05, 0) is 31.9 Å². The molecule has 1 aliphatic rings. The maximum atomic E-state index is 12.2. The van der Waals surface area contributed by atoms with Gasteiger partial charge in [0.25, 0.3) is 5.91 Å². The van der Waals surface area contributed by atoms with Gasteiger partial charge in [0.15, 0.2) is 0 Å². The average molecular weight is 247 g/mol. The van der Waals surface area contributed by atoms with Crippen molar-refractivity contribution >= 4 is 11.9 Å². The number of likely N-dealkylation sites (tertiary alicyclic amines) is 1. The van der Waals surface area contributed by atoms with Gasteiger partial charge >= 0.3 is 5.97 Å². The Kier molecular flexibility index (Phi) is 3.36. The van der Waals surface area contributed by atoms with Gasteiger partial charge in [-0.3, -0.25) is 9.59 Å². The Morgan fingerprint density at radius 3 is 2.56 bits per heavy atom. The molecule has 0 aromatic heterocycles. The fourth-order valence-electron chi connectivity index (χ4n) is 2.35. The number of carbonyl (C=O) groups excluding carboxylic acids is 1. The van der Waals surface area contributed by atoms with Gasteiger partial charge in [0.05, 0.1) is 5.41 Å². The van der Waals surface area contributed by atoms with Crippen LogP contribution in [0.5, 0.6) is 0 Å². The fraction of sp³-hybridized carbons (Fsp3) is 0.429. The van der Waals surface area contributed by atoms with E-state index >= 15 is 0 Å². The van der Waals surface area contributed by atoms with Crippen molar-refractivity contribution in [2.24, 2.45) is 5.41 Å². The summed E-state index contributed by atoms with van der Waals surface area (Å²) in [7, 11) is 0. The molecule has 4 nitrogen and oxygen atoms in total. The number of rotatable bonds is 2. The van der Waals surface area contributed by atoms with Crippen LogP contribution in [0, 0.1) is 5.41 Å². The summed E-state index contributed by atoms with van der Waals surface area (Å²) in [4.78, 5) is 25.1. The van der Waals surface area contributed by atoms with Crippen LogP contribution >= 0.6 is 0 Å². The second kappa shape index (κ2) is 4.80. The molecule has 1 heterocycles. The number of aliphatic carboxylic acids is 1. The van der Waals surface area contributed by atoms with Crippen molar-refractivity contribution < 1.29 is 14.7 Å². The largest absolute Gasteiger partial charge is 0.481 e. The molecule has 18 heavy (non-hydrogen) atoms. The predicted molar refractivity (Wildman–Crippen MR) is 67.3 cm³/mol. The molecule has 96 valence electrons. The molecule has 1 aromatic rings. The number of carboxylic acid groups (broad SMARTS) is 1. The Labute approximate surface area is 106 Å². The van der Waals surface area contributed by atoms with E-state index in [-0.39, 0.29) is 12.5 Å². The van der Waals surface area contributed by atoms with Crippen molar-refractivity contribution in [3.05, 3.63) is 35.9 Å². The predicted octanol–water partition coefficient (Wildman–Crippen LogP) is 2.01. The lowest BCUT2D eigenvalue weighted by molar-refractivity contribution is -0.150. The molecule has 1 fully saturated rings. The monoisotopic (exact) mass is 247 g/mol. The van der Waals surface area contributed by atoms with Gasteiger partial charge in [0.2, 0.25) is 0 Å². The zero-order valence-corrected chi connectivity index (χ0v) is 10.4. The summed E-state index contributed by atoms with van der Waals surface area (Å²) in [5, 5.41) is 9.23. The van der Waals surface area contributed by atoms with E-state index in [0.29, 0.717) is 18.5 Å². The summed E-state index contributed by atoms with van der Waals surface area (Å²) in [6.07, 6.45) is 1.36. The summed E-state index contributed by atoms with van der Waals surface area (Å²) < 4.78 is 0. The van der Waals surface area contributed by atoms with Gasteiger partial charge in [-0.2, -0.15) is 0 Å². The van der Waals surface area contributed by atoms with Crippen LogP contribution in [0.3, 0.4) is 0 Å². The first kappa shape index (κ1) is 12.6. The molecule has 1 N–H and O–H groups in total. The molecule has 0 radical (unpaired) electrons. The number of benzene rings is 1. The molecule has 1 aromatic carbocycles. The molecule has 1 aliphatic heterocycles. The smallest absolute Gasteiger partial charge is 0.311 e. The number of nitrogens with zero attached hydrogens (tertiary/aromatic N) is 1. The highest BCUT2D eigenvalue weighted by Crippen LogP contribution is 2.30. The lowest BCUT2D eigenvalue weighted by atomic mass is 9.82. The normalized spacial score (nSPS) is 23.7. The van der Waals surface area contributed by atoms with Gasteiger partial charge in [-0.1, -0.05) is 18.2 Å². The number of piperidine rings is 1. The van der Waals surface area contributed by atoms with E-state index in [1.807, 2.05) is 18.2 Å². The van der Waals surface area contributed by atoms with Crippen LogP contribution in [0.4, 0.5) is 0 Å². The van der Waals surface area contributed by atoms with Crippen LogP contribution in [0.25, 0.3) is 0 Å². The number of carbonyl (C=O) groups is 2. The van der Waals surface area contributed by atoms with Crippen LogP contribution in [0.15, 0.2) is 30.3 Å². The summed E-state index contributed by atoms with van der Waals surface area (Å²) in [5.74, 6) is -0.907. The Balaban J connectivity index is 2.15. The van der Waals surface area contributed by atoms with E-state index in [1.54, 1.807) is 24.0 Å². The first-order chi connectivity index (χ1) is 8.53. The summed E-state index contributed by atoms with van der Waals surface area (Å²) >= 11 is 0. The number of hydrogen-bond donors (Lipinski definition) is 1. The standard InChI is InChI=1S/C14H17NO3/c1-14(13(17)18)8-5-9-15(10-14)12(16)11-6-3-2-4-7-11/h2-4,6-7H,5,8-10H2,1H3,(H,17,18)/t14-/m0/s1. The van der Waals surface area contributed by atoms with Crippen molar-refractivity contribution in [3.63, 3.8) is 0 Å². The number of carboxylic acids is 1. The second-order valence-corrected chi connectivity index (χ2v) is 5.06. The van der Waals surface area contributed by atoms with E-state index < -0.39 is 11.4 Å². The first-order valence-electron chi connectivity index (χ1n) is 6.11. The lowest BCUT2D eigenvalue weighted by Crippen LogP contribution is -2.48. The molecular weight excluding hydrogens is 230 g/mol. The molecule has 0 aliphatic carbocycles. The number of amides is 1. The van der Waals surface area contributed by atoms with Crippen LogP contribution in [0.2, 0.25) is 0 Å². The molecule has 0 unspecified atom stereocenters. The lowest BCUT2D eigenvalue weighted by Gasteiger charge is -2.37. The van der Waals surface area contributed by atoms with Crippen LogP contribution in [0.1, 0.15) is 30.1 Å². The minimum absolute atomic E-state index is 0.0808. The average Bonchev–Trinajstić information content (AvgIpc) is 2.39. The van der Waals surface area contributed by atoms with Crippen LogP contribution in [-0.4, -0.2) is 35.0 Å². The third kappa shape index (κ3) is 2.37. The third-order valence-corrected chi connectivity index (χ3v) is 3.52. The van der Waals surface area contributed by atoms with Crippen LogP contribution < -0.4 is 0 Å². The fourth-order valence-corrected chi connectivity index (χ4v) is 2.35. The molecule has 1 amide bonds. The summed E-state index contributed by atoms with van der Waals surface area (Å²) in [5.41, 5.74) is -0.199. The van der Waals surface area contributed by atoms with Crippen molar-refractivity contribution in [2.75, 3.05) is 13.1 Å². The molecule has 0 bridgehead atoms. The Morgan fingerprint density at radius 2 is 1.94 bits per heavy atom. The highest BCUT2D eigenvalue weighted by atomic mass is 16.4. The Bertz CT molecular complexity index is 457. The van der Waals surface area contributed by atoms with Crippen LogP contribution in [-0.2, 0) is 4.79 Å². The maximum absolute atomic E-state index is 12.2. The molecule has 0 spiro atoms. The Hall–Kier alpha value is -1.84. The minimum atomic E-state index is -0.826. The quantitative estimate of drug-likeness (QED) is 0.869. The van der Waals surface area contributed by atoms with Gasteiger partial charge in [0, 0.05) is 18.7 Å².